The predicted octanol–water partition coefficient (Wildman–Crippen LogP) is 3.20. The molecule has 8 heteroatoms. The molecule has 4 nitrogen and oxygen atoms in total. The van der Waals surface area contributed by atoms with Crippen molar-refractivity contribution >= 4 is 5.91 Å². The minimum atomic E-state index is -4.34. The van der Waals surface area contributed by atoms with E-state index in [1.807, 2.05) is 0 Å². The first-order chi connectivity index (χ1) is 12.3. The van der Waals surface area contributed by atoms with Crippen LogP contribution in [0.2, 0.25) is 0 Å². The van der Waals surface area contributed by atoms with E-state index in [0.29, 0.717) is 32.7 Å². The standard InChI is InChI=1S/C18H17F4N3O/c19-16-11-14(5-6-23-16)17(26)25-9-7-24(8-10-25)12-13-1-3-15(4-2-13)18(20,21)22/h1-6,11H,7-10,12H2. The molecule has 138 valence electrons. The van der Waals surface area contributed by atoms with Crippen molar-refractivity contribution in [1.82, 2.24) is 14.8 Å². The molecular weight excluding hydrogens is 350 g/mol. The van der Waals surface area contributed by atoms with E-state index < -0.39 is 17.7 Å². The molecule has 0 spiro atoms. The van der Waals surface area contributed by atoms with Gasteiger partial charge in [-0.25, -0.2) is 4.98 Å². The molecule has 0 atom stereocenters. The van der Waals surface area contributed by atoms with Gasteiger partial charge in [0, 0.05) is 50.6 Å². The number of nitrogens with zero attached hydrogens (tertiary/aromatic N) is 3. The van der Waals surface area contributed by atoms with Crippen molar-refractivity contribution in [2.75, 3.05) is 26.2 Å². The third-order valence-electron chi connectivity index (χ3n) is 4.32. The summed E-state index contributed by atoms with van der Waals surface area (Å²) in [5.41, 5.74) is 0.379. The Bertz CT molecular complexity index is 769. The minimum Gasteiger partial charge on any atom is -0.336 e. The molecule has 0 unspecified atom stereocenters. The smallest absolute Gasteiger partial charge is 0.336 e. The highest BCUT2D eigenvalue weighted by Crippen LogP contribution is 2.29. The maximum absolute atomic E-state index is 13.1. The van der Waals surface area contributed by atoms with Crippen LogP contribution in [0.25, 0.3) is 0 Å². The highest BCUT2D eigenvalue weighted by Gasteiger charge is 2.30. The molecule has 1 amide bonds. The first-order valence-corrected chi connectivity index (χ1v) is 8.12. The maximum atomic E-state index is 13.1. The normalized spacial score (nSPS) is 15.9. The van der Waals surface area contributed by atoms with Crippen LogP contribution >= 0.6 is 0 Å². The molecule has 1 fully saturated rings. The molecule has 0 saturated carbocycles. The highest BCUT2D eigenvalue weighted by atomic mass is 19.4. The van der Waals surface area contributed by atoms with Crippen LogP contribution in [0.3, 0.4) is 0 Å². The fourth-order valence-electron chi connectivity index (χ4n) is 2.88. The molecule has 0 bridgehead atoms. The van der Waals surface area contributed by atoms with Crippen LogP contribution in [0.1, 0.15) is 21.5 Å². The number of benzene rings is 1. The van der Waals surface area contributed by atoms with Gasteiger partial charge in [0.2, 0.25) is 5.95 Å². The summed E-state index contributed by atoms with van der Waals surface area (Å²) in [4.78, 5) is 19.5. The number of piperazine rings is 1. The topological polar surface area (TPSA) is 36.4 Å². The monoisotopic (exact) mass is 367 g/mol. The van der Waals surface area contributed by atoms with Crippen LogP contribution in [0.15, 0.2) is 42.6 Å². The summed E-state index contributed by atoms with van der Waals surface area (Å²) < 4.78 is 50.9. The molecule has 0 N–H and O–H groups in total. The summed E-state index contributed by atoms with van der Waals surface area (Å²) in [6.45, 7) is 2.66. The number of aromatic nitrogens is 1. The molecule has 0 aliphatic carbocycles. The van der Waals surface area contributed by atoms with Crippen molar-refractivity contribution in [3.63, 3.8) is 0 Å². The lowest BCUT2D eigenvalue weighted by Crippen LogP contribution is -2.48. The average Bonchev–Trinajstić information content (AvgIpc) is 2.61. The van der Waals surface area contributed by atoms with Crippen LogP contribution in [-0.4, -0.2) is 46.9 Å². The number of amides is 1. The van der Waals surface area contributed by atoms with E-state index >= 15 is 0 Å². The van der Waals surface area contributed by atoms with Gasteiger partial charge in [-0.05, 0) is 23.8 Å². The van der Waals surface area contributed by atoms with Crippen LogP contribution in [0.5, 0.6) is 0 Å². The lowest BCUT2D eigenvalue weighted by molar-refractivity contribution is -0.137. The van der Waals surface area contributed by atoms with Gasteiger partial charge in [-0.2, -0.15) is 17.6 Å². The second-order valence-electron chi connectivity index (χ2n) is 6.13. The Balaban J connectivity index is 1.54. The zero-order valence-electron chi connectivity index (χ0n) is 13.8. The van der Waals surface area contributed by atoms with Crippen molar-refractivity contribution in [3.8, 4) is 0 Å². The van der Waals surface area contributed by atoms with Gasteiger partial charge in [0.15, 0.2) is 0 Å². The van der Waals surface area contributed by atoms with Gasteiger partial charge in [-0.1, -0.05) is 12.1 Å². The van der Waals surface area contributed by atoms with E-state index in [0.717, 1.165) is 23.8 Å². The molecule has 26 heavy (non-hydrogen) atoms. The lowest BCUT2D eigenvalue weighted by Gasteiger charge is -2.34. The van der Waals surface area contributed by atoms with E-state index in [2.05, 4.69) is 9.88 Å². The molecule has 1 aromatic carbocycles. The maximum Gasteiger partial charge on any atom is 0.416 e. The second kappa shape index (κ2) is 7.41. The summed E-state index contributed by atoms with van der Waals surface area (Å²) in [5.74, 6) is -0.947. The second-order valence-corrected chi connectivity index (χ2v) is 6.13. The number of alkyl halides is 3. The molecule has 3 rings (SSSR count). The number of pyridine rings is 1. The van der Waals surface area contributed by atoms with Gasteiger partial charge in [0.05, 0.1) is 5.56 Å². The zero-order valence-corrected chi connectivity index (χ0v) is 13.8. The first kappa shape index (κ1) is 18.3. The van der Waals surface area contributed by atoms with Crippen molar-refractivity contribution in [2.45, 2.75) is 12.7 Å². The van der Waals surface area contributed by atoms with Crippen LogP contribution < -0.4 is 0 Å². The largest absolute Gasteiger partial charge is 0.416 e. The van der Waals surface area contributed by atoms with Crippen molar-refractivity contribution in [1.29, 1.82) is 0 Å². The predicted molar refractivity (Wildman–Crippen MR) is 86.8 cm³/mol. The van der Waals surface area contributed by atoms with Gasteiger partial charge in [-0.3, -0.25) is 9.69 Å². The molecular formula is C18H17F4N3O. The zero-order chi connectivity index (χ0) is 18.7. The SMILES string of the molecule is O=C(c1ccnc(F)c1)N1CCN(Cc2ccc(C(F)(F)F)cc2)CC1. The molecule has 1 aliphatic rings. The Labute approximate surface area is 148 Å². The number of carbonyl (C=O) groups excluding carboxylic acids is 1. The van der Waals surface area contributed by atoms with Gasteiger partial charge < -0.3 is 4.90 Å². The quantitative estimate of drug-likeness (QED) is 0.618. The van der Waals surface area contributed by atoms with Crippen LogP contribution in [0.4, 0.5) is 17.6 Å². The van der Waals surface area contributed by atoms with E-state index in [4.69, 9.17) is 0 Å². The summed E-state index contributed by atoms with van der Waals surface area (Å²) >= 11 is 0. The van der Waals surface area contributed by atoms with E-state index in [1.165, 1.54) is 24.4 Å². The Hall–Kier alpha value is -2.48. The van der Waals surface area contributed by atoms with Crippen LogP contribution in [0, 0.1) is 5.95 Å². The lowest BCUT2D eigenvalue weighted by atomic mass is 10.1. The fourth-order valence-corrected chi connectivity index (χ4v) is 2.88. The Morgan fingerprint density at radius 2 is 1.69 bits per heavy atom. The third kappa shape index (κ3) is 4.37. The Morgan fingerprint density at radius 3 is 2.27 bits per heavy atom. The number of hydrogen-bond acceptors (Lipinski definition) is 3. The number of halogens is 4. The Kier molecular flexibility index (Phi) is 5.22. The Morgan fingerprint density at radius 1 is 1.04 bits per heavy atom. The number of rotatable bonds is 3. The van der Waals surface area contributed by atoms with E-state index in [1.54, 1.807) is 4.90 Å². The van der Waals surface area contributed by atoms with Crippen molar-refractivity contribution in [2.24, 2.45) is 0 Å². The van der Waals surface area contributed by atoms with Crippen molar-refractivity contribution in [3.05, 3.63) is 65.2 Å². The van der Waals surface area contributed by atoms with E-state index in [-0.39, 0.29) is 11.5 Å². The first-order valence-electron chi connectivity index (χ1n) is 8.12. The molecule has 2 aromatic rings. The van der Waals surface area contributed by atoms with Gasteiger partial charge in [-0.15, -0.1) is 0 Å². The van der Waals surface area contributed by atoms with Gasteiger partial charge in [0.1, 0.15) is 0 Å². The van der Waals surface area contributed by atoms with Crippen LogP contribution in [-0.2, 0) is 12.7 Å². The summed E-state index contributed by atoms with van der Waals surface area (Å²) in [5, 5.41) is 0. The average molecular weight is 367 g/mol. The van der Waals surface area contributed by atoms with Gasteiger partial charge >= 0.3 is 6.18 Å². The number of hydrogen-bond donors (Lipinski definition) is 0. The summed E-state index contributed by atoms with van der Waals surface area (Å²) in [6, 6.07) is 7.68. The number of carbonyl (C=O) groups is 1. The summed E-state index contributed by atoms with van der Waals surface area (Å²) in [7, 11) is 0. The molecule has 0 radical (unpaired) electrons. The fraction of sp³-hybridized carbons (Fsp3) is 0.333. The van der Waals surface area contributed by atoms with E-state index in [9.17, 15) is 22.4 Å². The minimum absolute atomic E-state index is 0.250. The molecule has 2 heterocycles. The molecule has 1 aromatic heterocycles. The molecule has 1 aliphatic heterocycles. The highest BCUT2D eigenvalue weighted by molar-refractivity contribution is 5.94. The third-order valence-corrected chi connectivity index (χ3v) is 4.32. The van der Waals surface area contributed by atoms with Crippen molar-refractivity contribution < 1.29 is 22.4 Å². The van der Waals surface area contributed by atoms with Gasteiger partial charge in [0.25, 0.3) is 5.91 Å². The summed E-state index contributed by atoms with van der Waals surface area (Å²) in [6.07, 6.45) is -3.08. The molecule has 1 saturated heterocycles.